The molecular formula is C21H23NO3S. The first kappa shape index (κ1) is 19.9. The maximum atomic E-state index is 13.1. The third-order valence-corrected chi connectivity index (χ3v) is 5.75. The van der Waals surface area contributed by atoms with E-state index >= 15 is 0 Å². The van der Waals surface area contributed by atoms with Crippen molar-refractivity contribution in [2.75, 3.05) is 6.61 Å². The molecule has 2 aromatic rings. The summed E-state index contributed by atoms with van der Waals surface area (Å²) < 4.78 is 18.1. The van der Waals surface area contributed by atoms with Crippen molar-refractivity contribution < 1.29 is 13.7 Å². The molecular weight excluding hydrogens is 346 g/mol. The van der Waals surface area contributed by atoms with E-state index in [1.807, 2.05) is 49.4 Å². The fourth-order valence-electron chi connectivity index (χ4n) is 2.71. The Balaban J connectivity index is 2.37. The summed E-state index contributed by atoms with van der Waals surface area (Å²) in [4.78, 5) is 13.0. The molecule has 0 aliphatic heterocycles. The first-order valence-corrected chi connectivity index (χ1v) is 9.71. The van der Waals surface area contributed by atoms with Gasteiger partial charge in [0.25, 0.3) is 0 Å². The second-order valence-electron chi connectivity index (χ2n) is 6.33. The molecule has 5 heteroatoms. The van der Waals surface area contributed by atoms with Crippen LogP contribution in [0.25, 0.3) is 0 Å². The topological polar surface area (TPSA) is 67.2 Å². The smallest absolute Gasteiger partial charge is 0.305 e. The van der Waals surface area contributed by atoms with Crippen LogP contribution in [0.2, 0.25) is 0 Å². The molecule has 136 valence electrons. The van der Waals surface area contributed by atoms with Gasteiger partial charge in [-0.15, -0.1) is 0 Å². The summed E-state index contributed by atoms with van der Waals surface area (Å²) in [5.41, 5.74) is 0.852. The number of nitriles is 1. The van der Waals surface area contributed by atoms with Crippen molar-refractivity contribution in [3.8, 4) is 6.07 Å². The van der Waals surface area contributed by atoms with Crippen LogP contribution in [0.15, 0.2) is 58.3 Å². The second kappa shape index (κ2) is 8.77. The Labute approximate surface area is 157 Å². The van der Waals surface area contributed by atoms with E-state index in [0.29, 0.717) is 28.4 Å². The average Bonchev–Trinajstić information content (AvgIpc) is 2.66. The molecule has 0 saturated carbocycles. The van der Waals surface area contributed by atoms with Crippen LogP contribution in [0, 0.1) is 18.3 Å². The molecule has 0 heterocycles. The predicted molar refractivity (Wildman–Crippen MR) is 101 cm³/mol. The third-order valence-electron chi connectivity index (χ3n) is 4.30. The summed E-state index contributed by atoms with van der Waals surface area (Å²) in [5, 5.41) is 9.79. The molecule has 0 fully saturated rings. The van der Waals surface area contributed by atoms with Crippen molar-refractivity contribution in [3.05, 3.63) is 59.7 Å². The molecule has 0 radical (unpaired) electrons. The maximum absolute atomic E-state index is 13.1. The van der Waals surface area contributed by atoms with Crippen LogP contribution in [0.5, 0.6) is 0 Å². The zero-order valence-electron chi connectivity index (χ0n) is 15.3. The van der Waals surface area contributed by atoms with Gasteiger partial charge in [-0.1, -0.05) is 35.9 Å². The average molecular weight is 369 g/mol. The van der Waals surface area contributed by atoms with E-state index in [-0.39, 0.29) is 12.4 Å². The number of ether oxygens (including phenoxy) is 1. The molecule has 0 aromatic heterocycles. The molecule has 0 spiro atoms. The minimum Gasteiger partial charge on any atom is -0.466 e. The Kier molecular flexibility index (Phi) is 6.70. The molecule has 0 saturated heterocycles. The Bertz CT molecular complexity index is 839. The van der Waals surface area contributed by atoms with Gasteiger partial charge in [0, 0.05) is 16.2 Å². The Morgan fingerprint density at radius 2 is 1.85 bits per heavy atom. The van der Waals surface area contributed by atoms with E-state index in [4.69, 9.17) is 4.74 Å². The normalized spacial score (nSPS) is 14.1. The van der Waals surface area contributed by atoms with E-state index in [1.54, 1.807) is 19.9 Å². The monoisotopic (exact) mass is 369 g/mol. The van der Waals surface area contributed by atoms with Crippen molar-refractivity contribution in [2.24, 2.45) is 0 Å². The third kappa shape index (κ3) is 4.59. The summed E-state index contributed by atoms with van der Waals surface area (Å²) in [6.07, 6.45) is 0.452. The highest BCUT2D eigenvalue weighted by Gasteiger charge is 2.31. The molecule has 2 aromatic carbocycles. The van der Waals surface area contributed by atoms with Crippen LogP contribution in [-0.4, -0.2) is 16.8 Å². The summed E-state index contributed by atoms with van der Waals surface area (Å²) >= 11 is 0. The molecule has 0 amide bonds. The quantitative estimate of drug-likeness (QED) is 0.683. The molecule has 4 nitrogen and oxygen atoms in total. The van der Waals surface area contributed by atoms with Crippen molar-refractivity contribution in [3.63, 3.8) is 0 Å². The van der Waals surface area contributed by atoms with E-state index in [0.717, 1.165) is 5.56 Å². The fraction of sp³-hybridized carbons (Fsp3) is 0.333. The second-order valence-corrected chi connectivity index (χ2v) is 7.78. The Hall–Kier alpha value is -2.45. The lowest BCUT2D eigenvalue weighted by atomic mass is 9.80. The molecule has 2 rings (SSSR count). The number of aryl methyl sites for hydroxylation is 1. The van der Waals surface area contributed by atoms with Gasteiger partial charge in [0.2, 0.25) is 0 Å². The zero-order chi connectivity index (χ0) is 19.2. The van der Waals surface area contributed by atoms with Gasteiger partial charge in [-0.3, -0.25) is 4.79 Å². The van der Waals surface area contributed by atoms with Gasteiger partial charge in [-0.05, 0) is 51.0 Å². The van der Waals surface area contributed by atoms with Crippen molar-refractivity contribution in [1.82, 2.24) is 0 Å². The van der Waals surface area contributed by atoms with Gasteiger partial charge in [-0.2, -0.15) is 5.26 Å². The molecule has 0 aliphatic carbocycles. The van der Waals surface area contributed by atoms with E-state index in [9.17, 15) is 14.3 Å². The summed E-state index contributed by atoms with van der Waals surface area (Å²) in [6.45, 7) is 5.82. The van der Waals surface area contributed by atoms with E-state index < -0.39 is 16.2 Å². The van der Waals surface area contributed by atoms with Crippen LogP contribution < -0.4 is 0 Å². The predicted octanol–water partition coefficient (Wildman–Crippen LogP) is 4.29. The van der Waals surface area contributed by atoms with Gasteiger partial charge < -0.3 is 4.74 Å². The number of carbonyl (C=O) groups is 1. The number of benzene rings is 2. The highest BCUT2D eigenvalue weighted by atomic mass is 32.2. The van der Waals surface area contributed by atoms with Crippen molar-refractivity contribution >= 4 is 16.8 Å². The van der Waals surface area contributed by atoms with Crippen LogP contribution in [0.3, 0.4) is 0 Å². The van der Waals surface area contributed by atoms with E-state index in [2.05, 4.69) is 6.07 Å². The highest BCUT2D eigenvalue weighted by Crippen LogP contribution is 2.34. The number of hydrogen-bond acceptors (Lipinski definition) is 4. The van der Waals surface area contributed by atoms with Crippen LogP contribution >= 0.6 is 0 Å². The van der Waals surface area contributed by atoms with Gasteiger partial charge in [-0.25, -0.2) is 4.21 Å². The SMILES string of the molecule is CCOC(=O)CC[C@@](C)(C#N)c1ccccc1[S@@](=O)c1ccc(C)cc1. The maximum Gasteiger partial charge on any atom is 0.305 e. The summed E-state index contributed by atoms with van der Waals surface area (Å²) in [6, 6.07) is 17.1. The van der Waals surface area contributed by atoms with Crippen molar-refractivity contribution in [2.45, 2.75) is 48.8 Å². The Morgan fingerprint density at radius 3 is 2.46 bits per heavy atom. The van der Waals surface area contributed by atoms with Crippen LogP contribution in [0.4, 0.5) is 0 Å². The van der Waals surface area contributed by atoms with Gasteiger partial charge in [0.15, 0.2) is 0 Å². The first-order valence-electron chi connectivity index (χ1n) is 8.56. The minimum atomic E-state index is -1.40. The highest BCUT2D eigenvalue weighted by molar-refractivity contribution is 7.85. The first-order chi connectivity index (χ1) is 12.4. The van der Waals surface area contributed by atoms with Gasteiger partial charge >= 0.3 is 5.97 Å². The van der Waals surface area contributed by atoms with Crippen molar-refractivity contribution in [1.29, 1.82) is 5.26 Å². The summed E-state index contributed by atoms with van der Waals surface area (Å²) in [7, 11) is -1.40. The van der Waals surface area contributed by atoms with Gasteiger partial charge in [0.1, 0.15) is 0 Å². The lowest BCUT2D eigenvalue weighted by Gasteiger charge is -2.24. The minimum absolute atomic E-state index is 0.142. The number of rotatable bonds is 7. The zero-order valence-corrected chi connectivity index (χ0v) is 16.1. The number of carbonyl (C=O) groups excluding carboxylic acids is 1. The molecule has 0 N–H and O–H groups in total. The lowest BCUT2D eigenvalue weighted by Crippen LogP contribution is -2.23. The fourth-order valence-corrected chi connectivity index (χ4v) is 4.04. The molecule has 26 heavy (non-hydrogen) atoms. The van der Waals surface area contributed by atoms with Crippen LogP contribution in [0.1, 0.15) is 37.8 Å². The molecule has 2 atom stereocenters. The number of hydrogen-bond donors (Lipinski definition) is 0. The van der Waals surface area contributed by atoms with Crippen LogP contribution in [-0.2, 0) is 25.7 Å². The largest absolute Gasteiger partial charge is 0.466 e. The van der Waals surface area contributed by atoms with Gasteiger partial charge in [0.05, 0.1) is 28.9 Å². The standard InChI is InChI=1S/C21H23NO3S/c1-4-25-20(23)13-14-21(3,15-22)18-7-5-6-8-19(18)26(24)17-11-9-16(2)10-12-17/h5-12H,4,13-14H2,1-3H3/t21-,26-/m0/s1. The molecule has 0 aliphatic rings. The van der Waals surface area contributed by atoms with E-state index in [1.165, 1.54) is 0 Å². The number of nitrogens with zero attached hydrogens (tertiary/aromatic N) is 1. The summed E-state index contributed by atoms with van der Waals surface area (Å²) in [5.74, 6) is -0.328. The number of esters is 1. The molecule has 0 bridgehead atoms. The molecule has 0 unspecified atom stereocenters. The Morgan fingerprint density at radius 1 is 1.19 bits per heavy atom. The lowest BCUT2D eigenvalue weighted by molar-refractivity contribution is -0.143.